The van der Waals surface area contributed by atoms with Crippen LogP contribution in [0.2, 0.25) is 0 Å². The van der Waals surface area contributed by atoms with Gasteiger partial charge in [-0.25, -0.2) is 0 Å². The van der Waals surface area contributed by atoms with E-state index in [1.54, 1.807) is 0 Å². The summed E-state index contributed by atoms with van der Waals surface area (Å²) in [5.74, 6) is 0.645. The lowest BCUT2D eigenvalue weighted by Gasteiger charge is -2.27. The highest BCUT2D eigenvalue weighted by Crippen LogP contribution is 2.41. The molecule has 1 aromatic carbocycles. The summed E-state index contributed by atoms with van der Waals surface area (Å²) in [6.45, 7) is 0.868. The summed E-state index contributed by atoms with van der Waals surface area (Å²) in [6, 6.07) is 11.4. The van der Waals surface area contributed by atoms with Crippen molar-refractivity contribution in [1.82, 2.24) is 5.32 Å². The molecule has 0 bridgehead atoms. The van der Waals surface area contributed by atoms with Gasteiger partial charge in [0.05, 0.1) is 0 Å². The molecule has 20 heavy (non-hydrogen) atoms. The average molecular weight is 271 g/mol. The van der Waals surface area contributed by atoms with Crippen LogP contribution in [0.3, 0.4) is 0 Å². The minimum Gasteiger partial charge on any atom is -0.370 e. The first kappa shape index (κ1) is 13.5. The van der Waals surface area contributed by atoms with E-state index in [-0.39, 0.29) is 0 Å². The molecular formula is C17H25N3. The molecule has 1 aromatic rings. The third-order valence-electron chi connectivity index (χ3n) is 4.60. The molecule has 0 radical (unpaired) electrons. The van der Waals surface area contributed by atoms with E-state index in [9.17, 15) is 0 Å². The zero-order chi connectivity index (χ0) is 13.8. The van der Waals surface area contributed by atoms with Crippen molar-refractivity contribution in [3.05, 3.63) is 35.9 Å². The summed E-state index contributed by atoms with van der Waals surface area (Å²) in [7, 11) is 0. The third-order valence-corrected chi connectivity index (χ3v) is 4.60. The molecule has 0 atom stereocenters. The molecule has 2 aliphatic carbocycles. The van der Waals surface area contributed by atoms with Crippen LogP contribution in [-0.2, 0) is 6.42 Å². The van der Waals surface area contributed by atoms with Gasteiger partial charge in [-0.3, -0.25) is 4.99 Å². The number of hydrogen-bond acceptors (Lipinski definition) is 1. The Kier molecular flexibility index (Phi) is 3.95. The van der Waals surface area contributed by atoms with Gasteiger partial charge in [0.1, 0.15) is 0 Å². The Balaban J connectivity index is 1.64. The second-order valence-electron chi connectivity index (χ2n) is 6.49. The van der Waals surface area contributed by atoms with Crippen LogP contribution in [0.1, 0.15) is 44.1 Å². The molecule has 108 valence electrons. The topological polar surface area (TPSA) is 50.4 Å². The van der Waals surface area contributed by atoms with E-state index in [2.05, 4.69) is 40.6 Å². The van der Waals surface area contributed by atoms with Gasteiger partial charge in [0.2, 0.25) is 0 Å². The van der Waals surface area contributed by atoms with Gasteiger partial charge in [-0.2, -0.15) is 0 Å². The van der Waals surface area contributed by atoms with Crippen LogP contribution in [0.25, 0.3) is 0 Å². The summed E-state index contributed by atoms with van der Waals surface area (Å²) in [5, 5.41) is 3.29. The summed E-state index contributed by atoms with van der Waals surface area (Å²) in [6.07, 6.45) is 8.84. The molecule has 3 rings (SSSR count). The van der Waals surface area contributed by atoms with Crippen LogP contribution >= 0.6 is 0 Å². The largest absolute Gasteiger partial charge is 0.370 e. The highest BCUT2D eigenvalue weighted by Gasteiger charge is 2.34. The van der Waals surface area contributed by atoms with Crippen molar-refractivity contribution in [2.45, 2.75) is 51.0 Å². The van der Waals surface area contributed by atoms with Gasteiger partial charge < -0.3 is 11.1 Å². The number of rotatable bonds is 5. The standard InChI is InChI=1S/C17H25N3/c18-16(20-15-8-9-15)19-13-17(10-4-5-11-17)12-14-6-2-1-3-7-14/h1-3,6-7,15H,4-5,8-13H2,(H3,18,19,20). The molecule has 2 saturated carbocycles. The fourth-order valence-corrected chi connectivity index (χ4v) is 3.28. The Bertz CT molecular complexity index is 456. The van der Waals surface area contributed by atoms with Crippen molar-refractivity contribution in [3.8, 4) is 0 Å². The molecule has 0 saturated heterocycles. The predicted molar refractivity (Wildman–Crippen MR) is 83.7 cm³/mol. The maximum atomic E-state index is 5.98. The molecule has 0 heterocycles. The van der Waals surface area contributed by atoms with Crippen LogP contribution in [0.4, 0.5) is 0 Å². The number of guanidine groups is 1. The predicted octanol–water partition coefficient (Wildman–Crippen LogP) is 2.86. The number of hydrogen-bond donors (Lipinski definition) is 2. The van der Waals surface area contributed by atoms with Crippen LogP contribution in [0, 0.1) is 5.41 Å². The van der Waals surface area contributed by atoms with E-state index >= 15 is 0 Å². The monoisotopic (exact) mass is 271 g/mol. The molecule has 3 heteroatoms. The van der Waals surface area contributed by atoms with Gasteiger partial charge in [-0.15, -0.1) is 0 Å². The molecule has 0 aromatic heterocycles. The molecule has 0 amide bonds. The number of nitrogens with one attached hydrogen (secondary N) is 1. The first-order chi connectivity index (χ1) is 9.76. The fraction of sp³-hybridized carbons (Fsp3) is 0.588. The SMILES string of the molecule is NC(=NCC1(Cc2ccccc2)CCCC1)NC1CC1. The molecule has 3 nitrogen and oxygen atoms in total. The molecule has 0 spiro atoms. The van der Waals surface area contributed by atoms with E-state index < -0.39 is 0 Å². The molecule has 3 N–H and O–H groups in total. The molecule has 2 aliphatic rings. The third kappa shape index (κ3) is 3.53. The molecule has 0 unspecified atom stereocenters. The molecular weight excluding hydrogens is 246 g/mol. The van der Waals surface area contributed by atoms with Gasteiger partial charge in [-0.1, -0.05) is 43.2 Å². The number of nitrogens with two attached hydrogens (primary N) is 1. The lowest BCUT2D eigenvalue weighted by Crippen LogP contribution is -2.35. The summed E-state index contributed by atoms with van der Waals surface area (Å²) in [5.41, 5.74) is 7.74. The summed E-state index contributed by atoms with van der Waals surface area (Å²) < 4.78 is 0. The second kappa shape index (κ2) is 5.86. The lowest BCUT2D eigenvalue weighted by atomic mass is 9.80. The van der Waals surface area contributed by atoms with E-state index in [1.165, 1.54) is 44.1 Å². The quantitative estimate of drug-likeness (QED) is 0.639. The van der Waals surface area contributed by atoms with Crippen LogP contribution in [-0.4, -0.2) is 18.5 Å². The van der Waals surface area contributed by atoms with Crippen molar-refractivity contribution in [3.63, 3.8) is 0 Å². The average Bonchev–Trinajstić information content (AvgIpc) is 3.15. The smallest absolute Gasteiger partial charge is 0.188 e. The Morgan fingerprint density at radius 1 is 1.20 bits per heavy atom. The highest BCUT2D eigenvalue weighted by atomic mass is 15.1. The van der Waals surface area contributed by atoms with Crippen molar-refractivity contribution in [2.24, 2.45) is 16.1 Å². The van der Waals surface area contributed by atoms with Gasteiger partial charge in [0, 0.05) is 12.6 Å². The van der Waals surface area contributed by atoms with Crippen LogP contribution < -0.4 is 11.1 Å². The van der Waals surface area contributed by atoms with E-state index in [0.717, 1.165) is 13.0 Å². The fourth-order valence-electron chi connectivity index (χ4n) is 3.28. The maximum absolute atomic E-state index is 5.98. The Hall–Kier alpha value is -1.51. The Labute approximate surface area is 121 Å². The normalized spacial score (nSPS) is 21.9. The highest BCUT2D eigenvalue weighted by molar-refractivity contribution is 5.78. The first-order valence-electron chi connectivity index (χ1n) is 7.86. The number of benzene rings is 1. The van der Waals surface area contributed by atoms with Gasteiger partial charge in [0.15, 0.2) is 5.96 Å². The minimum absolute atomic E-state index is 0.331. The Morgan fingerprint density at radius 3 is 2.55 bits per heavy atom. The van der Waals surface area contributed by atoms with E-state index in [1.807, 2.05) is 0 Å². The van der Waals surface area contributed by atoms with Crippen LogP contribution in [0.15, 0.2) is 35.3 Å². The van der Waals surface area contributed by atoms with Gasteiger partial charge in [-0.05, 0) is 43.1 Å². The zero-order valence-electron chi connectivity index (χ0n) is 12.1. The van der Waals surface area contributed by atoms with E-state index in [4.69, 9.17) is 5.73 Å². The number of aliphatic imine (C=N–C) groups is 1. The van der Waals surface area contributed by atoms with Gasteiger partial charge in [0.25, 0.3) is 0 Å². The summed E-state index contributed by atoms with van der Waals surface area (Å²) >= 11 is 0. The van der Waals surface area contributed by atoms with Crippen molar-refractivity contribution < 1.29 is 0 Å². The van der Waals surface area contributed by atoms with Crippen LogP contribution in [0.5, 0.6) is 0 Å². The van der Waals surface area contributed by atoms with Gasteiger partial charge >= 0.3 is 0 Å². The lowest BCUT2D eigenvalue weighted by molar-refractivity contribution is 0.307. The van der Waals surface area contributed by atoms with E-state index in [0.29, 0.717) is 17.4 Å². The number of nitrogens with zero attached hydrogens (tertiary/aromatic N) is 1. The minimum atomic E-state index is 0.331. The van der Waals surface area contributed by atoms with Crippen molar-refractivity contribution in [1.29, 1.82) is 0 Å². The maximum Gasteiger partial charge on any atom is 0.188 e. The first-order valence-corrected chi connectivity index (χ1v) is 7.86. The molecule has 0 aliphatic heterocycles. The Morgan fingerprint density at radius 2 is 1.90 bits per heavy atom. The van der Waals surface area contributed by atoms with Crippen molar-refractivity contribution >= 4 is 5.96 Å². The summed E-state index contributed by atoms with van der Waals surface area (Å²) in [4.78, 5) is 4.64. The molecule has 2 fully saturated rings. The van der Waals surface area contributed by atoms with Crippen molar-refractivity contribution in [2.75, 3.05) is 6.54 Å². The second-order valence-corrected chi connectivity index (χ2v) is 6.49. The zero-order valence-corrected chi connectivity index (χ0v) is 12.1.